The van der Waals surface area contributed by atoms with Gasteiger partial charge in [-0.2, -0.15) is 0 Å². The minimum absolute atomic E-state index is 0. The van der Waals surface area contributed by atoms with Crippen LogP contribution in [0.25, 0.3) is 0 Å². The van der Waals surface area contributed by atoms with Gasteiger partial charge in [-0.15, -0.1) is 24.0 Å². The van der Waals surface area contributed by atoms with Crippen molar-refractivity contribution >= 4 is 36.0 Å². The topological polar surface area (TPSA) is 79.3 Å². The van der Waals surface area contributed by atoms with E-state index in [1.807, 2.05) is 32.9 Å². The summed E-state index contributed by atoms with van der Waals surface area (Å²) in [6.45, 7) is 8.69. The molecule has 8 nitrogen and oxygen atoms in total. The van der Waals surface area contributed by atoms with Gasteiger partial charge in [0.2, 0.25) is 5.88 Å². The highest BCUT2D eigenvalue weighted by molar-refractivity contribution is 14.0. The van der Waals surface area contributed by atoms with Crippen molar-refractivity contribution in [1.82, 2.24) is 20.1 Å². The predicted octanol–water partition coefficient (Wildman–Crippen LogP) is 4.01. The van der Waals surface area contributed by atoms with Gasteiger partial charge in [-0.3, -0.25) is 4.99 Å². The molecule has 1 amide bonds. The minimum atomic E-state index is -0.503. The normalized spacial score (nSPS) is 17.6. The summed E-state index contributed by atoms with van der Waals surface area (Å²) in [6, 6.07) is 9.70. The molecule has 0 aliphatic carbocycles. The lowest BCUT2D eigenvalue weighted by Gasteiger charge is -2.39. The fraction of sp³-hybridized carbons (Fsp3) is 0.435. The predicted molar refractivity (Wildman–Crippen MR) is 134 cm³/mol. The van der Waals surface area contributed by atoms with Crippen molar-refractivity contribution in [3.05, 3.63) is 54.0 Å². The average Bonchev–Trinajstić information content (AvgIpc) is 3.15. The number of carbonyl (C=O) groups is 1. The van der Waals surface area contributed by atoms with E-state index < -0.39 is 5.60 Å². The zero-order valence-corrected chi connectivity index (χ0v) is 21.3. The highest BCUT2D eigenvalue weighted by Gasteiger charge is 2.36. The standard InChI is InChI=1S/C23H28FN5O3.HI/c1-23(2,3)32-22(30)28-10-11-29-18(15-28)14-27-21(29)26-13-16-8-9-25-20(12-16)31-19-6-4-17(24)5-7-19;/h4-9,12,18H,10-11,13-15H2,1-3H3,(H,26,27);1H. The molecule has 0 radical (unpaired) electrons. The number of pyridine rings is 1. The van der Waals surface area contributed by atoms with Crippen molar-refractivity contribution in [2.24, 2.45) is 4.99 Å². The third kappa shape index (κ3) is 6.68. The number of aliphatic imine (C=N–C) groups is 1. The van der Waals surface area contributed by atoms with Crippen LogP contribution in [0.15, 0.2) is 47.6 Å². The summed E-state index contributed by atoms with van der Waals surface area (Å²) in [5.41, 5.74) is 0.479. The van der Waals surface area contributed by atoms with Crippen molar-refractivity contribution in [1.29, 1.82) is 0 Å². The molecule has 1 fully saturated rings. The van der Waals surface area contributed by atoms with Crippen LogP contribution < -0.4 is 10.1 Å². The molecular weight excluding hydrogens is 540 g/mol. The van der Waals surface area contributed by atoms with Gasteiger partial charge in [-0.25, -0.2) is 14.2 Å². The summed E-state index contributed by atoms with van der Waals surface area (Å²) >= 11 is 0. The van der Waals surface area contributed by atoms with E-state index >= 15 is 0 Å². The zero-order chi connectivity index (χ0) is 22.7. The molecule has 10 heteroatoms. The number of nitrogens with one attached hydrogen (secondary N) is 1. The van der Waals surface area contributed by atoms with Crippen LogP contribution in [-0.4, -0.2) is 64.7 Å². The molecule has 178 valence electrons. The van der Waals surface area contributed by atoms with E-state index in [1.165, 1.54) is 12.1 Å². The molecule has 3 heterocycles. The Hall–Kier alpha value is -2.63. The van der Waals surface area contributed by atoms with Crippen molar-refractivity contribution in [2.45, 2.75) is 39.0 Å². The Labute approximate surface area is 210 Å². The molecule has 1 unspecified atom stereocenters. The first-order valence-electron chi connectivity index (χ1n) is 10.7. The summed E-state index contributed by atoms with van der Waals surface area (Å²) < 4.78 is 24.3. The van der Waals surface area contributed by atoms with Gasteiger partial charge in [-0.1, -0.05) is 0 Å². The lowest BCUT2D eigenvalue weighted by Crippen LogP contribution is -2.57. The van der Waals surface area contributed by atoms with E-state index in [4.69, 9.17) is 9.47 Å². The van der Waals surface area contributed by atoms with Crippen molar-refractivity contribution < 1.29 is 18.7 Å². The number of rotatable bonds is 4. The Kier molecular flexibility index (Phi) is 7.98. The van der Waals surface area contributed by atoms with Gasteiger partial charge in [0.05, 0.1) is 12.6 Å². The smallest absolute Gasteiger partial charge is 0.410 e. The molecule has 2 aromatic rings. The van der Waals surface area contributed by atoms with Crippen molar-refractivity contribution in [3.8, 4) is 11.6 Å². The molecule has 1 aromatic heterocycles. The van der Waals surface area contributed by atoms with E-state index in [0.717, 1.165) is 11.5 Å². The number of carbonyl (C=O) groups excluding carboxylic acids is 1. The molecule has 33 heavy (non-hydrogen) atoms. The van der Waals surface area contributed by atoms with Crippen LogP contribution in [0.1, 0.15) is 26.3 Å². The first kappa shape index (κ1) is 25.0. The van der Waals surface area contributed by atoms with Crippen molar-refractivity contribution in [3.63, 3.8) is 0 Å². The SMILES string of the molecule is CC(C)(C)OC(=O)N1CCN2C(NCc3ccnc(Oc4ccc(F)cc4)c3)=NCC2C1.I. The number of ether oxygens (including phenoxy) is 2. The Bertz CT molecular complexity index is 996. The maximum atomic E-state index is 13.1. The van der Waals surface area contributed by atoms with Gasteiger partial charge in [0.25, 0.3) is 0 Å². The number of piperazine rings is 1. The van der Waals surface area contributed by atoms with Gasteiger partial charge in [0, 0.05) is 38.4 Å². The van der Waals surface area contributed by atoms with Crippen LogP contribution in [0.3, 0.4) is 0 Å². The monoisotopic (exact) mass is 569 g/mol. The highest BCUT2D eigenvalue weighted by atomic mass is 127. The summed E-state index contributed by atoms with van der Waals surface area (Å²) in [4.78, 5) is 25.2. The van der Waals surface area contributed by atoms with E-state index in [2.05, 4.69) is 20.2 Å². The number of guanidine groups is 1. The Morgan fingerprint density at radius 1 is 1.21 bits per heavy atom. The van der Waals surface area contributed by atoms with E-state index in [-0.39, 0.29) is 41.9 Å². The largest absolute Gasteiger partial charge is 0.444 e. The number of hydrogen-bond donors (Lipinski definition) is 1. The maximum absolute atomic E-state index is 13.1. The van der Waals surface area contributed by atoms with Gasteiger partial charge < -0.3 is 24.6 Å². The molecule has 1 saturated heterocycles. The third-order valence-electron chi connectivity index (χ3n) is 5.14. The molecule has 0 bridgehead atoms. The zero-order valence-electron chi connectivity index (χ0n) is 19.0. The minimum Gasteiger partial charge on any atom is -0.444 e. The Balaban J connectivity index is 0.00000306. The molecule has 1 N–H and O–H groups in total. The molecule has 2 aliphatic rings. The molecule has 1 aromatic carbocycles. The average molecular weight is 569 g/mol. The second kappa shape index (κ2) is 10.5. The summed E-state index contributed by atoms with van der Waals surface area (Å²) in [6.07, 6.45) is 1.40. The number of aromatic nitrogens is 1. The van der Waals surface area contributed by atoms with Crippen LogP contribution in [0.2, 0.25) is 0 Å². The van der Waals surface area contributed by atoms with E-state index in [9.17, 15) is 9.18 Å². The fourth-order valence-electron chi connectivity index (χ4n) is 3.64. The van der Waals surface area contributed by atoms with Crippen LogP contribution in [0, 0.1) is 5.82 Å². The van der Waals surface area contributed by atoms with E-state index in [1.54, 1.807) is 23.2 Å². The Morgan fingerprint density at radius 2 is 1.97 bits per heavy atom. The van der Waals surface area contributed by atoms with Gasteiger partial charge in [0.1, 0.15) is 17.2 Å². The number of fused-ring (bicyclic) bond motifs is 1. The van der Waals surface area contributed by atoms with Gasteiger partial charge in [0.15, 0.2) is 5.96 Å². The van der Waals surface area contributed by atoms with Gasteiger partial charge in [-0.05, 0) is 56.7 Å². The molecule has 0 spiro atoms. The number of hydrogen-bond acceptors (Lipinski definition) is 7. The van der Waals surface area contributed by atoms with E-state index in [0.29, 0.717) is 44.4 Å². The first-order chi connectivity index (χ1) is 15.3. The van der Waals surface area contributed by atoms with Crippen LogP contribution in [0.5, 0.6) is 11.6 Å². The molecule has 2 aliphatic heterocycles. The molecule has 1 atom stereocenters. The first-order valence-corrected chi connectivity index (χ1v) is 10.7. The summed E-state index contributed by atoms with van der Waals surface area (Å²) in [7, 11) is 0. The molecule has 0 saturated carbocycles. The maximum Gasteiger partial charge on any atom is 0.410 e. The number of nitrogens with zero attached hydrogens (tertiary/aromatic N) is 4. The second-order valence-corrected chi connectivity index (χ2v) is 8.85. The third-order valence-corrected chi connectivity index (χ3v) is 5.14. The summed E-state index contributed by atoms with van der Waals surface area (Å²) in [5.74, 6) is 1.48. The molecular formula is C23H29FIN5O3. The highest BCUT2D eigenvalue weighted by Crippen LogP contribution is 2.21. The molecule has 4 rings (SSSR count). The quantitative estimate of drug-likeness (QED) is 0.561. The lowest BCUT2D eigenvalue weighted by atomic mass is 10.2. The Morgan fingerprint density at radius 3 is 2.70 bits per heavy atom. The number of amides is 1. The second-order valence-electron chi connectivity index (χ2n) is 8.85. The fourth-order valence-corrected chi connectivity index (χ4v) is 3.64. The van der Waals surface area contributed by atoms with Gasteiger partial charge >= 0.3 is 6.09 Å². The number of halogens is 2. The van der Waals surface area contributed by atoms with Crippen LogP contribution in [-0.2, 0) is 11.3 Å². The van der Waals surface area contributed by atoms with Crippen LogP contribution in [0.4, 0.5) is 9.18 Å². The number of benzene rings is 1. The lowest BCUT2D eigenvalue weighted by molar-refractivity contribution is 0.0137. The van der Waals surface area contributed by atoms with Crippen LogP contribution >= 0.6 is 24.0 Å². The summed E-state index contributed by atoms with van der Waals surface area (Å²) in [5, 5.41) is 3.39. The van der Waals surface area contributed by atoms with Crippen molar-refractivity contribution in [2.75, 3.05) is 26.2 Å².